The molecule has 7 heteroatoms. The first kappa shape index (κ1) is 23.9. The zero-order valence-corrected chi connectivity index (χ0v) is 22.8. The summed E-state index contributed by atoms with van der Waals surface area (Å²) in [4.78, 5) is 1.86. The summed E-state index contributed by atoms with van der Waals surface area (Å²) in [5, 5.41) is 34.4. The minimum Gasteiger partial charge on any atom is -0.456 e. The Labute approximate surface area is 249 Å². The van der Waals surface area contributed by atoms with Crippen LogP contribution in [0.2, 0.25) is 0 Å². The molecule has 7 nitrogen and oxygen atoms in total. The topological polar surface area (TPSA) is 110 Å². The maximum Gasteiger partial charge on any atom is 0.155 e. The molecule has 0 unspecified atom stereocenters. The number of hydrogen-bond acceptors (Lipinski definition) is 7. The van der Waals surface area contributed by atoms with E-state index in [4.69, 9.17) is 13.6 Å². The molecule has 8 aromatic rings. The average molecular weight is 565 g/mol. The highest BCUT2D eigenvalue weighted by Crippen LogP contribution is 2.56. The van der Waals surface area contributed by atoms with Gasteiger partial charge in [0.15, 0.2) is 11.5 Å². The monoisotopic (exact) mass is 564 g/mol. The Kier molecular flexibility index (Phi) is 4.69. The fourth-order valence-electron chi connectivity index (χ4n) is 6.47. The number of fused-ring (bicyclic) bond motifs is 10. The molecule has 0 N–H and O–H groups in total. The van der Waals surface area contributed by atoms with Crippen molar-refractivity contribution in [3.8, 4) is 40.8 Å². The molecule has 9 rings (SSSR count). The van der Waals surface area contributed by atoms with Gasteiger partial charge in [-0.25, -0.2) is 0 Å². The minimum absolute atomic E-state index is 0.0866. The largest absolute Gasteiger partial charge is 0.456 e. The molecule has 0 radical (unpaired) electrons. The van der Waals surface area contributed by atoms with Crippen LogP contribution < -0.4 is 9.64 Å². The van der Waals surface area contributed by atoms with Crippen molar-refractivity contribution in [2.24, 2.45) is 0 Å². The molecule has 0 aliphatic carbocycles. The van der Waals surface area contributed by atoms with Crippen LogP contribution in [0.15, 0.2) is 106 Å². The van der Waals surface area contributed by atoms with Crippen LogP contribution >= 0.6 is 0 Å². The van der Waals surface area contributed by atoms with Gasteiger partial charge in [0.2, 0.25) is 0 Å². The molecule has 0 saturated heterocycles. The number of hydrogen-bond donors (Lipinski definition) is 0. The second kappa shape index (κ2) is 8.63. The molecule has 1 aliphatic heterocycles. The van der Waals surface area contributed by atoms with Gasteiger partial charge in [0.1, 0.15) is 40.5 Å². The quantitative estimate of drug-likeness (QED) is 0.205. The molecular weight excluding hydrogens is 548 g/mol. The molecule has 0 fully saturated rings. The van der Waals surface area contributed by atoms with Crippen LogP contribution in [-0.2, 0) is 0 Å². The number of nitrogens with zero attached hydrogens (tertiary/aromatic N) is 4. The first-order valence-corrected chi connectivity index (χ1v) is 13.9. The summed E-state index contributed by atoms with van der Waals surface area (Å²) in [5.41, 5.74) is 6.30. The van der Waals surface area contributed by atoms with E-state index in [0.717, 1.165) is 27.5 Å². The zero-order valence-electron chi connectivity index (χ0n) is 22.8. The van der Waals surface area contributed by atoms with E-state index in [2.05, 4.69) is 18.2 Å². The van der Waals surface area contributed by atoms with Crippen molar-refractivity contribution in [3.05, 3.63) is 114 Å². The van der Waals surface area contributed by atoms with Crippen molar-refractivity contribution in [3.63, 3.8) is 0 Å². The highest BCUT2D eigenvalue weighted by atomic mass is 16.5. The van der Waals surface area contributed by atoms with E-state index >= 15 is 0 Å². The second-order valence-corrected chi connectivity index (χ2v) is 10.6. The molecule has 0 atom stereocenters. The predicted octanol–water partition coefficient (Wildman–Crippen LogP) is 9.78. The van der Waals surface area contributed by atoms with Crippen molar-refractivity contribution in [2.75, 3.05) is 4.90 Å². The molecule has 2 bridgehead atoms. The molecule has 0 spiro atoms. The van der Waals surface area contributed by atoms with Gasteiger partial charge in [-0.2, -0.15) is 15.8 Å². The molecule has 202 valence electrons. The van der Waals surface area contributed by atoms with Crippen LogP contribution in [0.3, 0.4) is 0 Å². The fraction of sp³-hybridized carbons (Fsp3) is 0. The van der Waals surface area contributed by atoms with Gasteiger partial charge in [0.25, 0.3) is 0 Å². The molecule has 0 saturated carbocycles. The van der Waals surface area contributed by atoms with Gasteiger partial charge in [-0.3, -0.25) is 0 Å². The van der Waals surface area contributed by atoms with Crippen molar-refractivity contribution < 1.29 is 13.6 Å². The second-order valence-electron chi connectivity index (χ2n) is 10.6. The summed E-state index contributed by atoms with van der Waals surface area (Å²) in [7, 11) is 0. The number of ether oxygens (including phenoxy) is 1. The number of para-hydroxylation sites is 1. The van der Waals surface area contributed by atoms with Crippen molar-refractivity contribution in [1.29, 1.82) is 15.8 Å². The van der Waals surface area contributed by atoms with Crippen LogP contribution in [0.5, 0.6) is 11.5 Å². The molecule has 5 aromatic carbocycles. The lowest BCUT2D eigenvalue weighted by Gasteiger charge is -2.34. The first-order valence-electron chi connectivity index (χ1n) is 13.9. The maximum absolute atomic E-state index is 10.7. The number of rotatable bonds is 2. The standard InChI is InChI=1S/C37H16N4O3/c38-17-24-25(18-39)37(26(19-40)36-31-13-12-30(43-31)35(24)36)41-27-11-10-21(20-6-2-1-3-7-20)14-33(27)44-34-16-32-23(15-28(34)41)22-8-4-5-9-29(22)42-32/h1-16H. The van der Waals surface area contributed by atoms with Crippen LogP contribution in [0.1, 0.15) is 16.7 Å². The van der Waals surface area contributed by atoms with Gasteiger partial charge in [0, 0.05) is 27.6 Å². The van der Waals surface area contributed by atoms with E-state index in [9.17, 15) is 15.8 Å². The number of furan rings is 3. The van der Waals surface area contributed by atoms with Gasteiger partial charge in [-0.15, -0.1) is 0 Å². The lowest BCUT2D eigenvalue weighted by atomic mass is 9.92. The van der Waals surface area contributed by atoms with Crippen LogP contribution in [0, 0.1) is 34.0 Å². The molecule has 3 aromatic heterocycles. The van der Waals surface area contributed by atoms with Gasteiger partial charge < -0.3 is 18.5 Å². The van der Waals surface area contributed by atoms with Gasteiger partial charge in [0.05, 0.1) is 33.8 Å². The fourth-order valence-corrected chi connectivity index (χ4v) is 6.47. The smallest absolute Gasteiger partial charge is 0.155 e. The first-order chi connectivity index (χ1) is 21.7. The van der Waals surface area contributed by atoms with Crippen LogP contribution in [0.4, 0.5) is 17.1 Å². The Morgan fingerprint density at radius 3 is 1.95 bits per heavy atom. The van der Waals surface area contributed by atoms with E-state index in [-0.39, 0.29) is 16.7 Å². The Bertz CT molecular complexity index is 2630. The minimum atomic E-state index is 0.0866. The zero-order chi connectivity index (χ0) is 29.5. The third-order valence-corrected chi connectivity index (χ3v) is 8.36. The lowest BCUT2D eigenvalue weighted by Crippen LogP contribution is -2.19. The summed E-state index contributed by atoms with van der Waals surface area (Å²) < 4.78 is 18.7. The number of benzene rings is 6. The third-order valence-electron chi connectivity index (χ3n) is 8.36. The van der Waals surface area contributed by atoms with Crippen LogP contribution in [0.25, 0.3) is 55.0 Å². The SMILES string of the molecule is N#Cc1c(N2c3ccc(-c4ccccc4)cc3Oc3cc4oc5ccccc5c4cc32)c(C#N)c2c3ccc(o3)c2c1C#N. The number of anilines is 3. The Morgan fingerprint density at radius 2 is 1.18 bits per heavy atom. The molecule has 1 aliphatic rings. The molecular formula is C37H16N4O3. The van der Waals surface area contributed by atoms with E-state index in [1.807, 2.05) is 89.8 Å². The van der Waals surface area contributed by atoms with Crippen molar-refractivity contribution in [1.82, 2.24) is 0 Å². The summed E-state index contributed by atoms with van der Waals surface area (Å²) in [5.74, 6) is 1.02. The Morgan fingerprint density at radius 1 is 0.500 bits per heavy atom. The van der Waals surface area contributed by atoms with Gasteiger partial charge >= 0.3 is 0 Å². The van der Waals surface area contributed by atoms with Crippen molar-refractivity contribution in [2.45, 2.75) is 0 Å². The average Bonchev–Trinajstić information content (AvgIpc) is 3.79. The highest BCUT2D eigenvalue weighted by molar-refractivity contribution is 6.17. The Balaban J connectivity index is 1.41. The van der Waals surface area contributed by atoms with Gasteiger partial charge in [-0.05, 0) is 47.5 Å². The van der Waals surface area contributed by atoms with Crippen LogP contribution in [-0.4, -0.2) is 0 Å². The third kappa shape index (κ3) is 3.06. The van der Waals surface area contributed by atoms with E-state index in [1.54, 1.807) is 12.1 Å². The highest BCUT2D eigenvalue weighted by Gasteiger charge is 2.35. The Hall–Kier alpha value is -6.75. The number of nitriles is 3. The van der Waals surface area contributed by atoms with E-state index in [0.29, 0.717) is 56.1 Å². The predicted molar refractivity (Wildman–Crippen MR) is 167 cm³/mol. The van der Waals surface area contributed by atoms with E-state index < -0.39 is 0 Å². The summed E-state index contributed by atoms with van der Waals surface area (Å²) in [6.45, 7) is 0. The summed E-state index contributed by atoms with van der Waals surface area (Å²) in [6, 6.07) is 37.7. The van der Waals surface area contributed by atoms with E-state index in [1.165, 1.54) is 0 Å². The normalized spacial score (nSPS) is 12.2. The van der Waals surface area contributed by atoms with Gasteiger partial charge in [-0.1, -0.05) is 54.6 Å². The lowest BCUT2D eigenvalue weighted by molar-refractivity contribution is 0.476. The summed E-state index contributed by atoms with van der Waals surface area (Å²) in [6.07, 6.45) is 0. The molecule has 44 heavy (non-hydrogen) atoms. The summed E-state index contributed by atoms with van der Waals surface area (Å²) >= 11 is 0. The van der Waals surface area contributed by atoms with Crippen molar-refractivity contribution >= 4 is 60.9 Å². The molecule has 0 amide bonds. The molecule has 4 heterocycles. The maximum atomic E-state index is 10.7.